The molecule has 1 N–H and O–H groups in total. The predicted molar refractivity (Wildman–Crippen MR) is 71.3 cm³/mol. The Kier molecular flexibility index (Phi) is 3.84. The number of nitrogens with zero attached hydrogens (tertiary/aromatic N) is 1. The van der Waals surface area contributed by atoms with Gasteiger partial charge in [0.05, 0.1) is 4.92 Å². The van der Waals surface area contributed by atoms with Crippen molar-refractivity contribution >= 4 is 11.7 Å². The summed E-state index contributed by atoms with van der Waals surface area (Å²) in [6.45, 7) is 1.52. The molecule has 0 heterocycles. The molecular formula is C14H10FNO5. The van der Waals surface area contributed by atoms with Crippen LogP contribution in [0, 0.1) is 22.9 Å². The van der Waals surface area contributed by atoms with Crippen molar-refractivity contribution in [2.45, 2.75) is 6.92 Å². The maximum atomic E-state index is 13.2. The molecule has 0 unspecified atom stereocenters. The summed E-state index contributed by atoms with van der Waals surface area (Å²) < 4.78 is 18.5. The number of nitro benzene ring substituents is 1. The molecule has 2 aromatic carbocycles. The van der Waals surface area contributed by atoms with E-state index < -0.39 is 16.7 Å². The summed E-state index contributed by atoms with van der Waals surface area (Å²) >= 11 is 0. The van der Waals surface area contributed by atoms with Gasteiger partial charge >= 0.3 is 5.97 Å². The average Bonchev–Trinajstić information content (AvgIpc) is 2.37. The number of hydrogen-bond donors (Lipinski definition) is 1. The van der Waals surface area contributed by atoms with Gasteiger partial charge in [0.1, 0.15) is 22.9 Å². The van der Waals surface area contributed by atoms with Crippen LogP contribution in [0.2, 0.25) is 0 Å². The lowest BCUT2D eigenvalue weighted by molar-refractivity contribution is -0.385. The number of carbonyl (C=O) groups is 1. The van der Waals surface area contributed by atoms with Gasteiger partial charge in [-0.25, -0.2) is 9.18 Å². The van der Waals surface area contributed by atoms with Crippen molar-refractivity contribution in [2.24, 2.45) is 0 Å². The molecule has 0 saturated carbocycles. The van der Waals surface area contributed by atoms with E-state index in [-0.39, 0.29) is 22.7 Å². The zero-order valence-corrected chi connectivity index (χ0v) is 10.9. The molecule has 0 aliphatic carbocycles. The Hall–Kier alpha value is -2.96. The van der Waals surface area contributed by atoms with Crippen LogP contribution in [0.5, 0.6) is 11.5 Å². The quantitative estimate of drug-likeness (QED) is 0.687. The lowest BCUT2D eigenvalue weighted by atomic mass is 10.2. The zero-order valence-electron chi connectivity index (χ0n) is 10.9. The van der Waals surface area contributed by atoms with E-state index in [4.69, 9.17) is 9.84 Å². The third-order valence-corrected chi connectivity index (χ3v) is 2.77. The third-order valence-electron chi connectivity index (χ3n) is 2.77. The van der Waals surface area contributed by atoms with E-state index in [1.165, 1.54) is 25.1 Å². The molecule has 0 saturated heterocycles. The van der Waals surface area contributed by atoms with Crippen LogP contribution in [0.4, 0.5) is 10.1 Å². The van der Waals surface area contributed by atoms with E-state index in [2.05, 4.69) is 0 Å². The Labute approximate surface area is 118 Å². The van der Waals surface area contributed by atoms with Crippen molar-refractivity contribution < 1.29 is 24.0 Å². The molecule has 0 fully saturated rings. The largest absolute Gasteiger partial charge is 0.478 e. The van der Waals surface area contributed by atoms with Crippen molar-refractivity contribution in [1.29, 1.82) is 0 Å². The summed E-state index contributed by atoms with van der Waals surface area (Å²) in [4.78, 5) is 21.2. The van der Waals surface area contributed by atoms with Gasteiger partial charge in [0.2, 0.25) is 0 Å². The van der Waals surface area contributed by atoms with Gasteiger partial charge in [-0.05, 0) is 31.2 Å². The van der Waals surface area contributed by atoms with E-state index >= 15 is 0 Å². The lowest BCUT2D eigenvalue weighted by Crippen LogP contribution is -2.01. The van der Waals surface area contributed by atoms with E-state index in [1.54, 1.807) is 0 Å². The first kappa shape index (κ1) is 14.4. The number of aryl methyl sites for hydroxylation is 1. The van der Waals surface area contributed by atoms with E-state index in [0.717, 1.165) is 18.2 Å². The highest BCUT2D eigenvalue weighted by molar-refractivity contribution is 5.91. The number of halogens is 1. The summed E-state index contributed by atoms with van der Waals surface area (Å²) in [5, 5.41) is 19.7. The lowest BCUT2D eigenvalue weighted by Gasteiger charge is -2.09. The number of nitro groups is 1. The Morgan fingerprint density at radius 1 is 1.29 bits per heavy atom. The molecule has 0 atom stereocenters. The molecule has 0 amide bonds. The van der Waals surface area contributed by atoms with Gasteiger partial charge in [-0.3, -0.25) is 10.1 Å². The van der Waals surface area contributed by atoms with Gasteiger partial charge in [-0.1, -0.05) is 0 Å². The second-order valence-corrected chi connectivity index (χ2v) is 4.25. The van der Waals surface area contributed by atoms with Crippen molar-refractivity contribution in [1.82, 2.24) is 0 Å². The summed E-state index contributed by atoms with van der Waals surface area (Å²) in [6, 6.07) is 6.99. The van der Waals surface area contributed by atoms with E-state index in [9.17, 15) is 19.3 Å². The number of carboxylic acid groups (broad SMARTS) is 1. The molecule has 0 spiro atoms. The van der Waals surface area contributed by atoms with Gasteiger partial charge in [0.15, 0.2) is 0 Å². The van der Waals surface area contributed by atoms with Crippen LogP contribution in [0.15, 0.2) is 36.4 Å². The van der Waals surface area contributed by atoms with Crippen LogP contribution in [0.1, 0.15) is 15.9 Å². The van der Waals surface area contributed by atoms with Crippen LogP contribution >= 0.6 is 0 Å². The van der Waals surface area contributed by atoms with Crippen molar-refractivity contribution in [2.75, 3.05) is 0 Å². The maximum absolute atomic E-state index is 13.2. The molecule has 108 valence electrons. The van der Waals surface area contributed by atoms with Gasteiger partial charge in [-0.15, -0.1) is 0 Å². The van der Waals surface area contributed by atoms with Gasteiger partial charge in [0.25, 0.3) is 5.69 Å². The number of benzene rings is 2. The molecule has 0 aromatic heterocycles. The SMILES string of the molecule is Cc1cc(Oc2cc(F)ccc2C(=O)O)ccc1[N+](=O)[O-]. The molecule has 0 aliphatic heterocycles. The minimum absolute atomic E-state index is 0.0833. The van der Waals surface area contributed by atoms with Gasteiger partial charge in [0, 0.05) is 17.7 Å². The molecule has 0 bridgehead atoms. The summed E-state index contributed by atoms with van der Waals surface area (Å²) in [5.41, 5.74) is 0.0678. The van der Waals surface area contributed by atoms with Crippen LogP contribution in [0.3, 0.4) is 0 Å². The topological polar surface area (TPSA) is 89.7 Å². The summed E-state index contributed by atoms with van der Waals surface area (Å²) in [7, 11) is 0. The molecule has 0 radical (unpaired) electrons. The first-order valence-corrected chi connectivity index (χ1v) is 5.84. The summed E-state index contributed by atoms with van der Waals surface area (Å²) in [6.07, 6.45) is 0. The number of aromatic carboxylic acids is 1. The second-order valence-electron chi connectivity index (χ2n) is 4.25. The normalized spacial score (nSPS) is 10.2. The number of hydrogen-bond acceptors (Lipinski definition) is 4. The highest BCUT2D eigenvalue weighted by Gasteiger charge is 2.15. The third kappa shape index (κ3) is 3.14. The minimum Gasteiger partial charge on any atom is -0.478 e. The zero-order chi connectivity index (χ0) is 15.6. The van der Waals surface area contributed by atoms with Crippen LogP contribution in [0.25, 0.3) is 0 Å². The molecular weight excluding hydrogens is 281 g/mol. The fourth-order valence-electron chi connectivity index (χ4n) is 1.78. The first-order valence-electron chi connectivity index (χ1n) is 5.84. The Balaban J connectivity index is 2.38. The molecule has 6 nitrogen and oxygen atoms in total. The highest BCUT2D eigenvalue weighted by atomic mass is 19.1. The van der Waals surface area contributed by atoms with Crippen molar-refractivity contribution in [3.63, 3.8) is 0 Å². The minimum atomic E-state index is -1.26. The van der Waals surface area contributed by atoms with Crippen molar-refractivity contribution in [3.8, 4) is 11.5 Å². The molecule has 2 aromatic rings. The van der Waals surface area contributed by atoms with Gasteiger partial charge < -0.3 is 9.84 Å². The van der Waals surface area contributed by atoms with Gasteiger partial charge in [-0.2, -0.15) is 0 Å². The van der Waals surface area contributed by atoms with Crippen LogP contribution < -0.4 is 4.74 Å². The highest BCUT2D eigenvalue weighted by Crippen LogP contribution is 2.29. The Morgan fingerprint density at radius 3 is 2.57 bits per heavy atom. The molecule has 2 rings (SSSR count). The molecule has 7 heteroatoms. The van der Waals surface area contributed by atoms with Crippen LogP contribution in [-0.4, -0.2) is 16.0 Å². The fraction of sp³-hybridized carbons (Fsp3) is 0.0714. The van der Waals surface area contributed by atoms with E-state index in [1.807, 2.05) is 0 Å². The first-order chi connectivity index (χ1) is 9.88. The van der Waals surface area contributed by atoms with Crippen molar-refractivity contribution in [3.05, 3.63) is 63.5 Å². The fourth-order valence-corrected chi connectivity index (χ4v) is 1.78. The molecule has 0 aliphatic rings. The average molecular weight is 291 g/mol. The predicted octanol–water partition coefficient (Wildman–Crippen LogP) is 3.53. The monoisotopic (exact) mass is 291 g/mol. The Bertz CT molecular complexity index is 729. The van der Waals surface area contributed by atoms with Crippen LogP contribution in [-0.2, 0) is 0 Å². The molecule has 21 heavy (non-hydrogen) atoms. The number of rotatable bonds is 4. The second kappa shape index (κ2) is 5.58. The maximum Gasteiger partial charge on any atom is 0.339 e. The Morgan fingerprint density at radius 2 is 2.00 bits per heavy atom. The van der Waals surface area contributed by atoms with E-state index in [0.29, 0.717) is 5.56 Å². The smallest absolute Gasteiger partial charge is 0.339 e. The number of carboxylic acids is 1. The standard InChI is InChI=1S/C14H10FNO5/c1-8-6-10(3-5-12(8)16(19)20)21-13-7-9(15)2-4-11(13)14(17)18/h2-7H,1H3,(H,17,18). The summed E-state index contributed by atoms with van der Waals surface area (Å²) in [5.74, 6) is -1.89. The number of ether oxygens (including phenoxy) is 1.